The van der Waals surface area contributed by atoms with Gasteiger partial charge in [0, 0.05) is 18.7 Å². The Morgan fingerprint density at radius 3 is 1.91 bits per heavy atom. The molecule has 2 aliphatic heterocycles. The lowest BCUT2D eigenvalue weighted by Gasteiger charge is -2.30. The van der Waals surface area contributed by atoms with E-state index in [4.69, 9.17) is 4.74 Å². The summed E-state index contributed by atoms with van der Waals surface area (Å²) < 4.78 is 40.9. The van der Waals surface area contributed by atoms with Gasteiger partial charge in [-0.25, -0.2) is 19.6 Å². The zero-order valence-electron chi connectivity index (χ0n) is 32.6. The van der Waals surface area contributed by atoms with Gasteiger partial charge >= 0.3 is 18.8 Å². The predicted octanol–water partition coefficient (Wildman–Crippen LogP) is 8.37. The van der Waals surface area contributed by atoms with Crippen molar-refractivity contribution < 1.29 is 37.4 Å². The molecule has 0 spiro atoms. The van der Waals surface area contributed by atoms with Crippen molar-refractivity contribution in [3.05, 3.63) is 84.7 Å². The molecule has 0 radical (unpaired) electrons. The van der Waals surface area contributed by atoms with Crippen molar-refractivity contribution in [1.82, 2.24) is 35.1 Å². The fourth-order valence-corrected chi connectivity index (χ4v) is 7.63. The van der Waals surface area contributed by atoms with E-state index in [1.807, 2.05) is 33.0 Å². The van der Waals surface area contributed by atoms with Crippen molar-refractivity contribution in [2.75, 3.05) is 20.2 Å². The van der Waals surface area contributed by atoms with Crippen LogP contribution in [0.5, 0.6) is 0 Å². The minimum atomic E-state index is -3.12. The second-order valence-corrected chi connectivity index (χ2v) is 15.5. The van der Waals surface area contributed by atoms with E-state index in [1.165, 1.54) is 11.8 Å². The molecule has 3 aromatic carbocycles. The highest BCUT2D eigenvalue weighted by atomic mass is 19.3. The van der Waals surface area contributed by atoms with Gasteiger partial charge in [0.2, 0.25) is 5.91 Å². The molecule has 3 N–H and O–H groups in total. The first kappa shape index (κ1) is 39.4. The van der Waals surface area contributed by atoms with Gasteiger partial charge in [0.25, 0.3) is 0 Å². The van der Waals surface area contributed by atoms with Gasteiger partial charge in [-0.2, -0.15) is 8.78 Å². The van der Waals surface area contributed by atoms with E-state index in [9.17, 15) is 23.2 Å². The molecule has 5 aromatic rings. The number of aromatic amines is 2. The first-order chi connectivity index (χ1) is 27.3. The Kier molecular flexibility index (Phi) is 11.3. The van der Waals surface area contributed by atoms with E-state index in [0.29, 0.717) is 31.8 Å². The fourth-order valence-electron chi connectivity index (χ4n) is 7.63. The van der Waals surface area contributed by atoms with E-state index in [-0.39, 0.29) is 12.1 Å². The number of benzene rings is 3. The second-order valence-electron chi connectivity index (χ2n) is 15.5. The molecule has 0 saturated carbocycles. The smallest absolute Gasteiger partial charge is 0.410 e. The first-order valence-electron chi connectivity index (χ1n) is 19.1. The van der Waals surface area contributed by atoms with Gasteiger partial charge in [0.15, 0.2) is 0 Å². The first-order valence-corrected chi connectivity index (χ1v) is 19.1. The number of aromatic nitrogens is 4. The number of imidazole rings is 2. The van der Waals surface area contributed by atoms with Crippen LogP contribution < -0.4 is 5.32 Å². The van der Waals surface area contributed by atoms with Crippen molar-refractivity contribution in [3.8, 4) is 33.6 Å². The quantitative estimate of drug-likeness (QED) is 0.128. The van der Waals surface area contributed by atoms with Crippen LogP contribution in [0.25, 0.3) is 44.4 Å². The van der Waals surface area contributed by atoms with Crippen LogP contribution >= 0.6 is 0 Å². The van der Waals surface area contributed by atoms with Crippen LogP contribution in [-0.2, 0) is 19.0 Å². The summed E-state index contributed by atoms with van der Waals surface area (Å²) in [4.78, 5) is 57.8. The molecule has 0 aliphatic carbocycles. The molecule has 3 amide bonds. The van der Waals surface area contributed by atoms with E-state index in [2.05, 4.69) is 89.3 Å². The number of likely N-dealkylation sites (tertiary alicyclic amines) is 2. The number of carbonyl (C=O) groups is 3. The number of fused-ring (bicyclic) bond motifs is 1. The lowest BCUT2D eigenvalue weighted by atomic mass is 9.98. The van der Waals surface area contributed by atoms with Crippen LogP contribution in [-0.4, -0.2) is 92.4 Å². The molecule has 300 valence electrons. The van der Waals surface area contributed by atoms with Crippen LogP contribution in [0.2, 0.25) is 0 Å². The highest BCUT2D eigenvalue weighted by Gasteiger charge is 2.40. The molecule has 2 unspecified atom stereocenters. The average molecular weight is 784 g/mol. The number of methoxy groups -OCH3 is 1. The molecule has 2 aromatic heterocycles. The number of amides is 3. The van der Waals surface area contributed by atoms with E-state index >= 15 is 0 Å². The number of nitrogens with zero attached hydrogens (tertiary/aromatic N) is 4. The number of hydrogen-bond donors (Lipinski definition) is 3. The minimum absolute atomic E-state index is 0.153. The number of ether oxygens (including phenoxy) is 3. The Morgan fingerprint density at radius 2 is 1.32 bits per heavy atom. The molecule has 15 heteroatoms. The summed E-state index contributed by atoms with van der Waals surface area (Å²) in [6.07, 6.45) is 3.96. The molecular weight excluding hydrogens is 737 g/mol. The molecule has 2 aliphatic rings. The van der Waals surface area contributed by atoms with Gasteiger partial charge in [0.1, 0.15) is 23.3 Å². The fraction of sp³-hybridized carbons (Fsp3) is 0.405. The third-order valence-electron chi connectivity index (χ3n) is 10.4. The summed E-state index contributed by atoms with van der Waals surface area (Å²) in [6.45, 7) is 4.78. The van der Waals surface area contributed by atoms with Gasteiger partial charge in [0.05, 0.1) is 49.1 Å². The molecule has 2 fully saturated rings. The van der Waals surface area contributed by atoms with E-state index in [0.717, 1.165) is 70.2 Å². The summed E-state index contributed by atoms with van der Waals surface area (Å²) in [5.41, 5.74) is 5.09. The van der Waals surface area contributed by atoms with Gasteiger partial charge in [-0.05, 0) is 93.0 Å². The monoisotopic (exact) mass is 783 g/mol. The van der Waals surface area contributed by atoms with Crippen LogP contribution in [0.15, 0.2) is 73.1 Å². The third kappa shape index (κ3) is 8.78. The Bertz CT molecular complexity index is 2230. The molecule has 0 bridgehead atoms. The summed E-state index contributed by atoms with van der Waals surface area (Å²) in [7, 11) is 1.13. The van der Waals surface area contributed by atoms with Crippen LogP contribution in [0.4, 0.5) is 18.4 Å². The number of alkyl carbamates (subject to hydrolysis) is 1. The summed E-state index contributed by atoms with van der Waals surface area (Å²) in [6, 6.07) is 18.7. The average Bonchev–Trinajstić information content (AvgIpc) is 4.02. The Balaban J connectivity index is 1.03. The standard InChI is InChI=1S/C42H47F2N7O6/c1-24(56-39(43)44)35(49-40(53)55-5)38(52)50-18-6-8-33(50)36-46-23-32(48-36)30-17-16-28-20-27(14-15-29(28)21-30)25-10-12-26(13-11-25)31-22-45-37(47-31)34-9-7-19-51(34)41(54)57-42(2,3)4/h10-17,20-24,33-35,39H,6-9,18-19H2,1-5H3,(H,45,47)(H,46,48)(H,49,53)/t24-,33?,34?,35+/m1/s1. The van der Waals surface area contributed by atoms with Gasteiger partial charge in [-0.1, -0.05) is 48.5 Å². The lowest BCUT2D eigenvalue weighted by Crippen LogP contribution is -2.54. The third-order valence-corrected chi connectivity index (χ3v) is 10.4. The number of alkyl halides is 2. The number of nitrogens with one attached hydrogen (secondary N) is 3. The minimum Gasteiger partial charge on any atom is -0.453 e. The topological polar surface area (TPSA) is 155 Å². The maximum Gasteiger partial charge on any atom is 0.410 e. The largest absolute Gasteiger partial charge is 0.453 e. The molecule has 57 heavy (non-hydrogen) atoms. The molecule has 4 heterocycles. The van der Waals surface area contributed by atoms with Crippen molar-refractivity contribution in [2.24, 2.45) is 0 Å². The van der Waals surface area contributed by atoms with Crippen molar-refractivity contribution >= 4 is 28.9 Å². The maximum absolute atomic E-state index is 13.6. The van der Waals surface area contributed by atoms with Crippen molar-refractivity contribution in [2.45, 2.75) is 89.8 Å². The number of carbonyl (C=O) groups excluding carboxylic acids is 3. The van der Waals surface area contributed by atoms with Gasteiger partial charge in [-0.15, -0.1) is 0 Å². The summed E-state index contributed by atoms with van der Waals surface area (Å²) in [5.74, 6) is 0.747. The number of halogens is 2. The van der Waals surface area contributed by atoms with Crippen LogP contribution in [0.3, 0.4) is 0 Å². The van der Waals surface area contributed by atoms with E-state index < -0.39 is 42.4 Å². The normalized spacial score (nSPS) is 18.2. The highest BCUT2D eigenvalue weighted by molar-refractivity contribution is 5.91. The zero-order chi connectivity index (χ0) is 40.4. The maximum atomic E-state index is 13.6. The predicted molar refractivity (Wildman–Crippen MR) is 209 cm³/mol. The summed E-state index contributed by atoms with van der Waals surface area (Å²) in [5, 5.41) is 4.44. The Labute approximate surface area is 329 Å². The van der Waals surface area contributed by atoms with Gasteiger partial charge in [-0.3, -0.25) is 9.69 Å². The van der Waals surface area contributed by atoms with Gasteiger partial charge < -0.3 is 34.4 Å². The number of hydrogen-bond acceptors (Lipinski definition) is 8. The molecular formula is C42H47F2N7O6. The highest BCUT2D eigenvalue weighted by Crippen LogP contribution is 2.36. The van der Waals surface area contributed by atoms with Crippen LogP contribution in [0.1, 0.15) is 77.1 Å². The number of rotatable bonds is 10. The SMILES string of the molecule is COC(=O)N[C@H](C(=O)N1CCCC1c1ncc(-c2ccc3cc(-c4ccc(-c5cnc(C6CCCN6C(=O)OC(C)(C)C)[nH]5)cc4)ccc3c2)[nH]1)[C@@H](C)OC(F)F. The summed E-state index contributed by atoms with van der Waals surface area (Å²) >= 11 is 0. The molecule has 2 saturated heterocycles. The van der Waals surface area contributed by atoms with Crippen molar-refractivity contribution in [3.63, 3.8) is 0 Å². The molecule has 13 nitrogen and oxygen atoms in total. The Morgan fingerprint density at radius 1 is 0.789 bits per heavy atom. The van der Waals surface area contributed by atoms with E-state index in [1.54, 1.807) is 11.1 Å². The van der Waals surface area contributed by atoms with Crippen molar-refractivity contribution in [1.29, 1.82) is 0 Å². The second kappa shape index (κ2) is 16.3. The number of H-pyrrole nitrogens is 2. The lowest BCUT2D eigenvalue weighted by molar-refractivity contribution is -0.171. The Hall–Kier alpha value is -5.83. The zero-order valence-corrected chi connectivity index (χ0v) is 32.6. The van der Waals surface area contributed by atoms with Crippen LogP contribution in [0, 0.1) is 0 Å². The molecule has 7 rings (SSSR count). The molecule has 4 atom stereocenters.